The minimum atomic E-state index is -2.96. The molecule has 2 fully saturated rings. The predicted octanol–water partition coefficient (Wildman–Crippen LogP) is 0.533. The average Bonchev–Trinajstić information content (AvgIpc) is 3.08. The smallest absolute Gasteiger partial charge is 0.164 e. The van der Waals surface area contributed by atoms with Gasteiger partial charge in [0.05, 0.1) is 0 Å². The average molecular weight is 278 g/mol. The molecule has 2 unspecified atom stereocenters. The van der Waals surface area contributed by atoms with Gasteiger partial charge < -0.3 is 5.73 Å². The summed E-state index contributed by atoms with van der Waals surface area (Å²) in [7, 11) is -2.96. The quantitative estimate of drug-likeness (QED) is 0.795. The number of rotatable bonds is 5. The van der Waals surface area contributed by atoms with E-state index >= 15 is 0 Å². The van der Waals surface area contributed by atoms with E-state index in [1.54, 1.807) is 11.8 Å². The molecule has 0 aromatic carbocycles. The molecule has 4 nitrogen and oxygen atoms in total. The van der Waals surface area contributed by atoms with Crippen LogP contribution in [0.2, 0.25) is 0 Å². The fraction of sp³-hybridized carbons (Fsp3) is 1.00. The van der Waals surface area contributed by atoms with Gasteiger partial charge in [0.2, 0.25) is 0 Å². The lowest BCUT2D eigenvalue weighted by molar-refractivity contribution is 0.256. The van der Waals surface area contributed by atoms with E-state index in [0.29, 0.717) is 11.7 Å². The lowest BCUT2D eigenvalue weighted by Gasteiger charge is -2.34. The molecule has 0 spiro atoms. The number of sulfone groups is 1. The lowest BCUT2D eigenvalue weighted by atomic mass is 10.1. The van der Waals surface area contributed by atoms with Gasteiger partial charge in [-0.1, -0.05) is 0 Å². The Morgan fingerprint density at radius 3 is 2.76 bits per heavy atom. The van der Waals surface area contributed by atoms with E-state index in [-0.39, 0.29) is 11.4 Å². The van der Waals surface area contributed by atoms with Gasteiger partial charge in [0.15, 0.2) is 9.84 Å². The topological polar surface area (TPSA) is 63.4 Å². The summed E-state index contributed by atoms with van der Waals surface area (Å²) in [5.74, 6) is 2.44. The first-order chi connectivity index (χ1) is 7.98. The van der Waals surface area contributed by atoms with Gasteiger partial charge in [0, 0.05) is 36.9 Å². The second kappa shape index (κ2) is 5.47. The van der Waals surface area contributed by atoms with Gasteiger partial charge in [0.25, 0.3) is 0 Å². The van der Waals surface area contributed by atoms with Crippen molar-refractivity contribution in [2.45, 2.75) is 30.7 Å². The maximum atomic E-state index is 11.7. The Morgan fingerprint density at radius 1 is 1.47 bits per heavy atom. The molecule has 2 atom stereocenters. The van der Waals surface area contributed by atoms with Gasteiger partial charge >= 0.3 is 0 Å². The number of nitrogens with two attached hydrogens (primary N) is 1. The summed E-state index contributed by atoms with van der Waals surface area (Å²) in [5, 5.41) is -0.298. The van der Waals surface area contributed by atoms with Crippen molar-refractivity contribution < 1.29 is 8.42 Å². The Balaban J connectivity index is 1.87. The summed E-state index contributed by atoms with van der Waals surface area (Å²) in [6.07, 6.45) is 4.79. The number of thioether (sulfide) groups is 1. The molecule has 6 heteroatoms. The van der Waals surface area contributed by atoms with Crippen LogP contribution in [0.1, 0.15) is 19.3 Å². The third-order valence-electron chi connectivity index (χ3n) is 3.66. The zero-order valence-corrected chi connectivity index (χ0v) is 12.0. The van der Waals surface area contributed by atoms with Gasteiger partial charge in [-0.05, 0) is 25.2 Å². The van der Waals surface area contributed by atoms with Crippen LogP contribution in [0.25, 0.3) is 0 Å². The van der Waals surface area contributed by atoms with Crippen molar-refractivity contribution in [3.05, 3.63) is 0 Å². The minimum absolute atomic E-state index is 0.268. The van der Waals surface area contributed by atoms with E-state index in [1.165, 1.54) is 19.1 Å². The van der Waals surface area contributed by atoms with Crippen molar-refractivity contribution in [3.63, 3.8) is 0 Å². The first-order valence-electron chi connectivity index (χ1n) is 6.24. The van der Waals surface area contributed by atoms with Crippen LogP contribution in [0.5, 0.6) is 0 Å². The van der Waals surface area contributed by atoms with Gasteiger partial charge in [-0.2, -0.15) is 11.8 Å². The number of nitrogens with zero attached hydrogens (tertiary/aromatic N) is 1. The fourth-order valence-corrected chi connectivity index (χ4v) is 5.31. The Labute approximate surface area is 108 Å². The van der Waals surface area contributed by atoms with E-state index in [0.717, 1.165) is 25.3 Å². The van der Waals surface area contributed by atoms with E-state index in [4.69, 9.17) is 5.73 Å². The molecule has 2 rings (SSSR count). The molecular formula is C11H22N2O2S2. The zero-order chi connectivity index (χ0) is 12.5. The first kappa shape index (κ1) is 13.6. The minimum Gasteiger partial charge on any atom is -0.327 e. The van der Waals surface area contributed by atoms with E-state index in [2.05, 4.69) is 4.90 Å². The van der Waals surface area contributed by atoms with Crippen LogP contribution in [-0.4, -0.2) is 55.6 Å². The van der Waals surface area contributed by atoms with Crippen LogP contribution in [0.15, 0.2) is 0 Å². The van der Waals surface area contributed by atoms with Crippen molar-refractivity contribution in [1.29, 1.82) is 0 Å². The highest BCUT2D eigenvalue weighted by Gasteiger charge is 2.33. The maximum Gasteiger partial charge on any atom is 0.164 e. The standard InChI is InChI=1S/C11H22N2O2S2/c1-17(14,15)11-8-16-7-6-13(11)5-4-10(12)9-2-3-9/h9-11H,2-8,12H2,1H3. The highest BCUT2D eigenvalue weighted by atomic mass is 32.2. The van der Waals surface area contributed by atoms with Gasteiger partial charge in [-0.3, -0.25) is 4.90 Å². The van der Waals surface area contributed by atoms with Crippen molar-refractivity contribution >= 4 is 21.6 Å². The summed E-state index contributed by atoms with van der Waals surface area (Å²) in [6, 6.07) is 0.268. The fourth-order valence-electron chi connectivity index (χ4n) is 2.34. The molecule has 1 saturated heterocycles. The van der Waals surface area contributed by atoms with Crippen LogP contribution in [0, 0.1) is 5.92 Å². The molecule has 0 amide bonds. The van der Waals surface area contributed by atoms with Crippen LogP contribution >= 0.6 is 11.8 Å². The zero-order valence-electron chi connectivity index (χ0n) is 10.3. The van der Waals surface area contributed by atoms with Crippen molar-refractivity contribution in [2.75, 3.05) is 30.9 Å². The summed E-state index contributed by atoms with van der Waals surface area (Å²) < 4.78 is 23.4. The van der Waals surface area contributed by atoms with Crippen molar-refractivity contribution in [1.82, 2.24) is 4.90 Å². The molecule has 1 saturated carbocycles. The van der Waals surface area contributed by atoms with Crippen molar-refractivity contribution in [2.24, 2.45) is 11.7 Å². The van der Waals surface area contributed by atoms with E-state index < -0.39 is 9.84 Å². The van der Waals surface area contributed by atoms with Crippen LogP contribution < -0.4 is 5.73 Å². The van der Waals surface area contributed by atoms with Gasteiger partial charge in [-0.25, -0.2) is 8.42 Å². The van der Waals surface area contributed by atoms with Crippen LogP contribution in [-0.2, 0) is 9.84 Å². The Bertz CT molecular complexity index is 354. The third-order valence-corrected chi connectivity index (χ3v) is 6.35. The summed E-state index contributed by atoms with van der Waals surface area (Å²) >= 11 is 1.73. The Morgan fingerprint density at radius 2 is 2.18 bits per heavy atom. The second-order valence-electron chi connectivity index (χ2n) is 5.19. The second-order valence-corrected chi connectivity index (χ2v) is 8.54. The Hall–Kier alpha value is 0.220. The molecule has 1 aliphatic carbocycles. The summed E-state index contributed by atoms with van der Waals surface area (Å²) in [6.45, 7) is 1.70. The predicted molar refractivity (Wildman–Crippen MR) is 72.8 cm³/mol. The number of hydrogen-bond donors (Lipinski definition) is 1. The molecule has 2 N–H and O–H groups in total. The molecule has 0 aromatic heterocycles. The number of hydrogen-bond acceptors (Lipinski definition) is 5. The van der Waals surface area contributed by atoms with Gasteiger partial charge in [-0.15, -0.1) is 0 Å². The highest BCUT2D eigenvalue weighted by Crippen LogP contribution is 2.33. The Kier molecular flexibility index (Phi) is 4.39. The van der Waals surface area contributed by atoms with Crippen LogP contribution in [0.3, 0.4) is 0 Å². The van der Waals surface area contributed by atoms with E-state index in [1.807, 2.05) is 0 Å². The molecule has 0 bridgehead atoms. The monoisotopic (exact) mass is 278 g/mol. The molecule has 0 radical (unpaired) electrons. The molecule has 1 aliphatic heterocycles. The molecule has 17 heavy (non-hydrogen) atoms. The first-order valence-corrected chi connectivity index (χ1v) is 9.35. The normalized spacial score (nSPS) is 29.2. The molecule has 100 valence electrons. The largest absolute Gasteiger partial charge is 0.327 e. The third kappa shape index (κ3) is 3.84. The molecular weight excluding hydrogens is 256 g/mol. The summed E-state index contributed by atoms with van der Waals surface area (Å²) in [4.78, 5) is 2.11. The summed E-state index contributed by atoms with van der Waals surface area (Å²) in [5.41, 5.74) is 6.07. The molecule has 0 aromatic rings. The SMILES string of the molecule is CS(=O)(=O)C1CSCCN1CCC(N)C1CC1. The molecule has 2 aliphatic rings. The van der Waals surface area contributed by atoms with Crippen molar-refractivity contribution in [3.8, 4) is 0 Å². The lowest BCUT2D eigenvalue weighted by Crippen LogP contribution is -2.48. The molecule has 1 heterocycles. The van der Waals surface area contributed by atoms with Gasteiger partial charge in [0.1, 0.15) is 5.37 Å². The van der Waals surface area contributed by atoms with E-state index in [9.17, 15) is 8.42 Å². The van der Waals surface area contributed by atoms with Crippen LogP contribution in [0.4, 0.5) is 0 Å². The highest BCUT2D eigenvalue weighted by molar-refractivity contribution is 8.00. The maximum absolute atomic E-state index is 11.7.